The molecule has 2 aromatic carbocycles. The molecule has 1 heterocycles. The van der Waals surface area contributed by atoms with E-state index in [1.165, 1.54) is 0 Å². The molecule has 0 saturated carbocycles. The number of benzene rings is 2. The fourth-order valence-corrected chi connectivity index (χ4v) is 2.55. The fraction of sp³-hybridized carbons (Fsp3) is 0.211. The minimum atomic E-state index is -0.184. The molecule has 0 fully saturated rings. The highest BCUT2D eigenvalue weighted by atomic mass is 35.5. The Balaban J connectivity index is 1.47. The molecule has 0 aliphatic rings. The molecule has 27 heavy (non-hydrogen) atoms. The second-order valence-electron chi connectivity index (χ2n) is 5.71. The highest BCUT2D eigenvalue weighted by Crippen LogP contribution is 2.17. The molecular formula is C19H19ClN4O3. The summed E-state index contributed by atoms with van der Waals surface area (Å²) in [5, 5.41) is 10.2. The van der Waals surface area contributed by atoms with E-state index in [2.05, 4.69) is 20.5 Å². The minimum absolute atomic E-state index is 0.0729. The lowest BCUT2D eigenvalue weighted by Gasteiger charge is -2.05. The molecule has 8 heteroatoms. The van der Waals surface area contributed by atoms with Crippen LogP contribution in [-0.4, -0.2) is 28.2 Å². The first-order valence-electron chi connectivity index (χ1n) is 8.31. The zero-order chi connectivity index (χ0) is 19.1. The van der Waals surface area contributed by atoms with Gasteiger partial charge in [0.05, 0.1) is 13.5 Å². The van der Waals surface area contributed by atoms with Gasteiger partial charge in [-0.3, -0.25) is 9.89 Å². The van der Waals surface area contributed by atoms with Crippen LogP contribution in [0.25, 0.3) is 0 Å². The summed E-state index contributed by atoms with van der Waals surface area (Å²) >= 11 is 6.07. The van der Waals surface area contributed by atoms with Gasteiger partial charge in [0.1, 0.15) is 18.1 Å². The predicted molar refractivity (Wildman–Crippen MR) is 101 cm³/mol. The first-order chi connectivity index (χ1) is 13.1. The largest absolute Gasteiger partial charge is 0.497 e. The van der Waals surface area contributed by atoms with E-state index in [0.717, 1.165) is 11.3 Å². The molecule has 0 aliphatic heterocycles. The molecule has 1 amide bonds. The Bertz CT molecular complexity index is 896. The van der Waals surface area contributed by atoms with Crippen molar-refractivity contribution in [2.24, 2.45) is 0 Å². The molecule has 0 bridgehead atoms. The van der Waals surface area contributed by atoms with Crippen molar-refractivity contribution in [1.82, 2.24) is 20.5 Å². The number of hydrogen-bond acceptors (Lipinski definition) is 5. The maximum atomic E-state index is 12.1. The maximum Gasteiger partial charge on any atom is 0.228 e. The molecule has 3 aromatic rings. The Morgan fingerprint density at radius 1 is 1.15 bits per heavy atom. The normalized spacial score (nSPS) is 10.4. The summed E-state index contributed by atoms with van der Waals surface area (Å²) < 4.78 is 10.7. The van der Waals surface area contributed by atoms with Gasteiger partial charge in [0.15, 0.2) is 11.6 Å². The summed E-state index contributed by atoms with van der Waals surface area (Å²) in [5.41, 5.74) is 0.857. The molecule has 2 N–H and O–H groups in total. The molecule has 0 atom stereocenters. The number of aromatic nitrogens is 3. The van der Waals surface area contributed by atoms with Crippen molar-refractivity contribution in [1.29, 1.82) is 0 Å². The number of ether oxygens (including phenoxy) is 2. The van der Waals surface area contributed by atoms with Crippen LogP contribution in [0.5, 0.6) is 11.5 Å². The third kappa shape index (κ3) is 5.46. The quantitative estimate of drug-likeness (QED) is 0.621. The second-order valence-corrected chi connectivity index (χ2v) is 6.11. The number of aromatic amines is 1. The molecular weight excluding hydrogens is 368 g/mol. The molecule has 0 spiro atoms. The molecule has 0 saturated heterocycles. The average molecular weight is 387 g/mol. The number of carbonyl (C=O) groups excluding carboxylic acids is 1. The van der Waals surface area contributed by atoms with Crippen LogP contribution >= 0.6 is 11.6 Å². The average Bonchev–Trinajstić information content (AvgIpc) is 3.13. The van der Waals surface area contributed by atoms with Crippen LogP contribution in [0.2, 0.25) is 5.02 Å². The molecule has 0 radical (unpaired) electrons. The Labute approximate surface area is 161 Å². The third-order valence-electron chi connectivity index (χ3n) is 3.77. The Hall–Kier alpha value is -3.06. The van der Waals surface area contributed by atoms with Crippen molar-refractivity contribution < 1.29 is 14.3 Å². The lowest BCUT2D eigenvalue weighted by Crippen LogP contribution is -2.25. The molecule has 140 valence electrons. The van der Waals surface area contributed by atoms with Crippen molar-refractivity contribution in [2.75, 3.05) is 7.11 Å². The lowest BCUT2D eigenvalue weighted by molar-refractivity contribution is -0.120. The summed E-state index contributed by atoms with van der Waals surface area (Å²) in [6.07, 6.45) is 0.0729. The van der Waals surface area contributed by atoms with Crippen LogP contribution < -0.4 is 14.8 Å². The van der Waals surface area contributed by atoms with Gasteiger partial charge in [0, 0.05) is 11.6 Å². The van der Waals surface area contributed by atoms with E-state index in [0.29, 0.717) is 29.0 Å². The van der Waals surface area contributed by atoms with Crippen molar-refractivity contribution in [3.05, 3.63) is 70.8 Å². The maximum absolute atomic E-state index is 12.1. The van der Waals surface area contributed by atoms with Crippen LogP contribution in [0.15, 0.2) is 48.5 Å². The topological polar surface area (TPSA) is 89.1 Å². The van der Waals surface area contributed by atoms with Gasteiger partial charge in [-0.1, -0.05) is 29.8 Å². The Kier molecular flexibility index (Phi) is 6.27. The number of nitrogens with zero attached hydrogens (tertiary/aromatic N) is 2. The van der Waals surface area contributed by atoms with Gasteiger partial charge in [-0.15, -0.1) is 0 Å². The van der Waals surface area contributed by atoms with Gasteiger partial charge < -0.3 is 14.8 Å². The first-order valence-corrected chi connectivity index (χ1v) is 8.69. The number of rotatable bonds is 8. The van der Waals surface area contributed by atoms with Crippen molar-refractivity contribution in [3.8, 4) is 11.5 Å². The zero-order valence-corrected chi connectivity index (χ0v) is 15.5. The summed E-state index contributed by atoms with van der Waals surface area (Å²) in [5.74, 6) is 2.20. The van der Waals surface area contributed by atoms with E-state index in [1.54, 1.807) is 25.3 Å². The Morgan fingerprint density at radius 2 is 1.89 bits per heavy atom. The van der Waals surface area contributed by atoms with E-state index in [9.17, 15) is 4.79 Å². The summed E-state index contributed by atoms with van der Waals surface area (Å²) in [4.78, 5) is 16.3. The van der Waals surface area contributed by atoms with Gasteiger partial charge in [-0.25, -0.2) is 4.98 Å². The number of amides is 1. The molecule has 3 rings (SSSR count). The van der Waals surface area contributed by atoms with E-state index in [1.807, 2.05) is 30.3 Å². The lowest BCUT2D eigenvalue weighted by atomic mass is 10.2. The van der Waals surface area contributed by atoms with Crippen LogP contribution in [0.4, 0.5) is 0 Å². The van der Waals surface area contributed by atoms with E-state index < -0.39 is 0 Å². The monoisotopic (exact) mass is 386 g/mol. The Morgan fingerprint density at radius 3 is 2.63 bits per heavy atom. The zero-order valence-electron chi connectivity index (χ0n) is 14.7. The van der Waals surface area contributed by atoms with Crippen LogP contribution in [0, 0.1) is 0 Å². The summed E-state index contributed by atoms with van der Waals surface area (Å²) in [6.45, 7) is 0.580. The number of nitrogens with one attached hydrogen (secondary N) is 2. The van der Waals surface area contributed by atoms with Gasteiger partial charge >= 0.3 is 0 Å². The fourth-order valence-electron chi connectivity index (χ4n) is 2.34. The third-order valence-corrected chi connectivity index (χ3v) is 4.13. The first kappa shape index (κ1) is 18.7. The number of H-pyrrole nitrogens is 1. The van der Waals surface area contributed by atoms with Gasteiger partial charge in [0.25, 0.3) is 0 Å². The summed E-state index contributed by atoms with van der Waals surface area (Å²) in [6, 6.07) is 14.6. The highest BCUT2D eigenvalue weighted by molar-refractivity contribution is 6.31. The number of methoxy groups -OCH3 is 1. The predicted octanol–water partition coefficient (Wildman–Crippen LogP) is 2.90. The summed E-state index contributed by atoms with van der Waals surface area (Å²) in [7, 11) is 1.61. The number of hydrogen-bond donors (Lipinski definition) is 2. The molecule has 1 aromatic heterocycles. The highest BCUT2D eigenvalue weighted by Gasteiger charge is 2.10. The number of carbonyl (C=O) groups is 1. The SMILES string of the molecule is COc1ccc(OCc2nc(CC(=O)NCc3ccccc3Cl)n[nH]2)cc1. The molecule has 0 unspecified atom stereocenters. The number of halogens is 1. The van der Waals surface area contributed by atoms with E-state index in [-0.39, 0.29) is 18.9 Å². The minimum Gasteiger partial charge on any atom is -0.497 e. The van der Waals surface area contributed by atoms with Crippen LogP contribution in [0.1, 0.15) is 17.2 Å². The van der Waals surface area contributed by atoms with Crippen molar-refractivity contribution >= 4 is 17.5 Å². The van der Waals surface area contributed by atoms with Crippen molar-refractivity contribution in [3.63, 3.8) is 0 Å². The molecule has 0 aliphatic carbocycles. The molecule has 7 nitrogen and oxygen atoms in total. The van der Waals surface area contributed by atoms with E-state index in [4.69, 9.17) is 21.1 Å². The van der Waals surface area contributed by atoms with Crippen LogP contribution in [-0.2, 0) is 24.4 Å². The van der Waals surface area contributed by atoms with Gasteiger partial charge in [-0.05, 0) is 35.9 Å². The second kappa shape index (κ2) is 9.05. The van der Waals surface area contributed by atoms with Gasteiger partial charge in [0.2, 0.25) is 5.91 Å². The smallest absolute Gasteiger partial charge is 0.228 e. The van der Waals surface area contributed by atoms with Gasteiger partial charge in [-0.2, -0.15) is 5.10 Å². The van der Waals surface area contributed by atoms with E-state index >= 15 is 0 Å². The standard InChI is InChI=1S/C19H19ClN4O3/c1-26-14-6-8-15(9-7-14)27-12-18-22-17(23-24-18)10-19(25)21-11-13-4-2-3-5-16(13)20/h2-9H,10-12H2,1H3,(H,21,25)(H,22,23,24). The van der Waals surface area contributed by atoms with Crippen molar-refractivity contribution in [2.45, 2.75) is 19.6 Å². The van der Waals surface area contributed by atoms with Crippen LogP contribution in [0.3, 0.4) is 0 Å².